The van der Waals surface area contributed by atoms with E-state index in [2.05, 4.69) is 4.98 Å². The van der Waals surface area contributed by atoms with Crippen molar-refractivity contribution in [1.82, 2.24) is 14.8 Å². The lowest BCUT2D eigenvalue weighted by molar-refractivity contribution is -0.141. The molecule has 6 nitrogen and oxygen atoms in total. The van der Waals surface area contributed by atoms with Gasteiger partial charge in [0.25, 0.3) is 0 Å². The van der Waals surface area contributed by atoms with Gasteiger partial charge in [0.05, 0.1) is 11.8 Å². The van der Waals surface area contributed by atoms with Gasteiger partial charge in [-0.2, -0.15) is 0 Å². The van der Waals surface area contributed by atoms with E-state index in [9.17, 15) is 14.0 Å². The van der Waals surface area contributed by atoms with Crippen LogP contribution in [0.25, 0.3) is 11.3 Å². The number of piperidine rings is 2. The van der Waals surface area contributed by atoms with Crippen LogP contribution in [0.2, 0.25) is 0 Å². The third-order valence-corrected chi connectivity index (χ3v) is 6.11. The number of nitrogens with zero attached hydrogens (tertiary/aromatic N) is 3. The van der Waals surface area contributed by atoms with Gasteiger partial charge in [0.1, 0.15) is 5.82 Å². The van der Waals surface area contributed by atoms with E-state index >= 15 is 0 Å². The van der Waals surface area contributed by atoms with Crippen LogP contribution < -0.4 is 0 Å². The highest BCUT2D eigenvalue weighted by Crippen LogP contribution is 2.25. The quantitative estimate of drug-likeness (QED) is 0.750. The average molecular weight is 413 g/mol. The van der Waals surface area contributed by atoms with Crippen LogP contribution in [-0.4, -0.2) is 52.8 Å². The second kappa shape index (κ2) is 9.41. The number of benzene rings is 1. The van der Waals surface area contributed by atoms with Crippen LogP contribution in [0.4, 0.5) is 4.39 Å². The molecule has 30 heavy (non-hydrogen) atoms. The predicted octanol–water partition coefficient (Wildman–Crippen LogP) is 3.66. The van der Waals surface area contributed by atoms with E-state index in [1.807, 2.05) is 9.80 Å². The monoisotopic (exact) mass is 413 g/mol. The number of aryl methyl sites for hydroxylation is 1. The number of oxazole rings is 1. The van der Waals surface area contributed by atoms with Crippen molar-refractivity contribution in [2.45, 2.75) is 44.9 Å². The van der Waals surface area contributed by atoms with Crippen molar-refractivity contribution in [3.05, 3.63) is 42.2 Å². The van der Waals surface area contributed by atoms with E-state index in [4.69, 9.17) is 4.42 Å². The molecule has 1 aromatic heterocycles. The van der Waals surface area contributed by atoms with Crippen molar-refractivity contribution < 1.29 is 18.4 Å². The van der Waals surface area contributed by atoms with Crippen LogP contribution in [0.15, 0.2) is 34.9 Å². The summed E-state index contributed by atoms with van der Waals surface area (Å²) < 4.78 is 19.5. The van der Waals surface area contributed by atoms with Gasteiger partial charge in [-0.05, 0) is 44.2 Å². The molecule has 3 heterocycles. The summed E-state index contributed by atoms with van der Waals surface area (Å²) in [5.74, 6) is 0.789. The Morgan fingerprint density at radius 2 is 1.77 bits per heavy atom. The van der Waals surface area contributed by atoms with Crippen molar-refractivity contribution in [2.24, 2.45) is 5.92 Å². The molecule has 2 fully saturated rings. The molecule has 2 amide bonds. The number of hydrogen-bond donors (Lipinski definition) is 0. The first-order valence-corrected chi connectivity index (χ1v) is 10.9. The number of rotatable bonds is 5. The van der Waals surface area contributed by atoms with Crippen LogP contribution in [-0.2, 0) is 16.0 Å². The zero-order valence-electron chi connectivity index (χ0n) is 17.2. The fraction of sp³-hybridized carbons (Fsp3) is 0.522. The molecule has 0 atom stereocenters. The molecule has 2 saturated heterocycles. The Morgan fingerprint density at radius 3 is 2.50 bits per heavy atom. The molecular weight excluding hydrogens is 385 g/mol. The lowest BCUT2D eigenvalue weighted by Crippen LogP contribution is -2.45. The summed E-state index contributed by atoms with van der Waals surface area (Å²) in [5, 5.41) is 0. The largest absolute Gasteiger partial charge is 0.441 e. The van der Waals surface area contributed by atoms with Gasteiger partial charge < -0.3 is 14.2 Å². The molecular formula is C23H28FN3O3. The van der Waals surface area contributed by atoms with Gasteiger partial charge in [0.2, 0.25) is 11.8 Å². The van der Waals surface area contributed by atoms with E-state index in [0.717, 1.165) is 38.8 Å². The SMILES string of the molecule is O=C(CCc1ncc(-c2ccccc2F)o1)N1CCC(C(=O)N2CCCCC2)CC1. The maximum Gasteiger partial charge on any atom is 0.225 e. The standard InChI is InChI=1S/C23H28FN3O3/c24-19-7-3-2-6-18(19)20-16-25-21(30-20)8-9-22(28)26-14-10-17(11-15-26)23(29)27-12-4-1-5-13-27/h2-3,6-7,16-17H,1,4-5,8-15H2. The van der Waals surface area contributed by atoms with E-state index < -0.39 is 0 Å². The van der Waals surface area contributed by atoms with E-state index in [1.54, 1.807) is 18.2 Å². The zero-order valence-corrected chi connectivity index (χ0v) is 17.2. The zero-order chi connectivity index (χ0) is 20.9. The van der Waals surface area contributed by atoms with Crippen LogP contribution >= 0.6 is 0 Å². The Hall–Kier alpha value is -2.70. The molecule has 7 heteroatoms. The normalized spacial score (nSPS) is 17.9. The Labute approximate surface area is 176 Å². The van der Waals surface area contributed by atoms with Gasteiger partial charge in [0.15, 0.2) is 11.7 Å². The molecule has 160 valence electrons. The topological polar surface area (TPSA) is 66.7 Å². The number of hydrogen-bond acceptors (Lipinski definition) is 4. The van der Waals surface area contributed by atoms with E-state index in [-0.39, 0.29) is 23.5 Å². The number of likely N-dealkylation sites (tertiary alicyclic amines) is 2. The highest BCUT2D eigenvalue weighted by Gasteiger charge is 2.30. The molecule has 2 aromatic rings. The molecule has 0 aliphatic carbocycles. The second-order valence-corrected chi connectivity index (χ2v) is 8.14. The predicted molar refractivity (Wildman–Crippen MR) is 110 cm³/mol. The molecule has 1 aromatic carbocycles. The fourth-order valence-electron chi connectivity index (χ4n) is 4.33. The first-order valence-electron chi connectivity index (χ1n) is 10.9. The molecule has 2 aliphatic heterocycles. The summed E-state index contributed by atoms with van der Waals surface area (Å²) in [6.45, 7) is 3.00. The number of carbonyl (C=O) groups excluding carboxylic acids is 2. The van der Waals surface area contributed by atoms with Gasteiger partial charge in [-0.1, -0.05) is 12.1 Å². The summed E-state index contributed by atoms with van der Waals surface area (Å²) in [7, 11) is 0. The molecule has 0 N–H and O–H groups in total. The Kier molecular flexibility index (Phi) is 6.45. The molecule has 0 spiro atoms. The van der Waals surface area contributed by atoms with Crippen molar-refractivity contribution in [3.8, 4) is 11.3 Å². The highest BCUT2D eigenvalue weighted by atomic mass is 19.1. The van der Waals surface area contributed by atoms with E-state index in [0.29, 0.717) is 43.1 Å². The second-order valence-electron chi connectivity index (χ2n) is 8.14. The summed E-state index contributed by atoms with van der Waals surface area (Å²) in [4.78, 5) is 33.3. The molecule has 0 saturated carbocycles. The molecule has 0 unspecified atom stereocenters. The van der Waals surface area contributed by atoms with Crippen molar-refractivity contribution in [3.63, 3.8) is 0 Å². The molecule has 0 radical (unpaired) electrons. The van der Waals surface area contributed by atoms with Gasteiger partial charge in [0, 0.05) is 44.9 Å². The van der Waals surface area contributed by atoms with Crippen molar-refractivity contribution in [2.75, 3.05) is 26.2 Å². The van der Waals surface area contributed by atoms with E-state index in [1.165, 1.54) is 18.7 Å². The summed E-state index contributed by atoms with van der Waals surface area (Å²) in [5.41, 5.74) is 0.364. The number of carbonyl (C=O) groups is 2. The van der Waals surface area contributed by atoms with Crippen LogP contribution in [0.3, 0.4) is 0 Å². The van der Waals surface area contributed by atoms with Gasteiger partial charge in [-0.15, -0.1) is 0 Å². The highest BCUT2D eigenvalue weighted by molar-refractivity contribution is 5.80. The number of amides is 2. The minimum atomic E-state index is -0.363. The molecule has 2 aliphatic rings. The minimum absolute atomic E-state index is 0.0437. The third kappa shape index (κ3) is 4.71. The van der Waals surface area contributed by atoms with Crippen LogP contribution in [0.1, 0.15) is 44.4 Å². The Morgan fingerprint density at radius 1 is 1.03 bits per heavy atom. The summed E-state index contributed by atoms with van der Waals surface area (Å²) >= 11 is 0. The smallest absolute Gasteiger partial charge is 0.225 e. The van der Waals surface area contributed by atoms with Crippen LogP contribution in [0, 0.1) is 11.7 Å². The fourth-order valence-corrected chi connectivity index (χ4v) is 4.33. The molecule has 4 rings (SSSR count). The first-order chi connectivity index (χ1) is 14.6. The van der Waals surface area contributed by atoms with Crippen molar-refractivity contribution >= 4 is 11.8 Å². The lowest BCUT2D eigenvalue weighted by Gasteiger charge is -2.35. The lowest BCUT2D eigenvalue weighted by atomic mass is 9.94. The van der Waals surface area contributed by atoms with Gasteiger partial charge >= 0.3 is 0 Å². The summed E-state index contributed by atoms with van der Waals surface area (Å²) in [6, 6.07) is 6.38. The maximum atomic E-state index is 13.9. The van der Waals surface area contributed by atoms with Crippen LogP contribution in [0.5, 0.6) is 0 Å². The first kappa shape index (κ1) is 20.6. The Balaban J connectivity index is 1.25. The number of halogens is 1. The average Bonchev–Trinajstić information content (AvgIpc) is 3.27. The van der Waals surface area contributed by atoms with Gasteiger partial charge in [-0.3, -0.25) is 9.59 Å². The minimum Gasteiger partial charge on any atom is -0.441 e. The summed E-state index contributed by atoms with van der Waals surface area (Å²) in [6.07, 6.45) is 7.04. The van der Waals surface area contributed by atoms with Crippen molar-refractivity contribution in [1.29, 1.82) is 0 Å². The number of aromatic nitrogens is 1. The molecule has 0 bridgehead atoms. The maximum absolute atomic E-state index is 13.9. The van der Waals surface area contributed by atoms with Gasteiger partial charge in [-0.25, -0.2) is 9.37 Å². The Bertz CT molecular complexity index is 883. The third-order valence-electron chi connectivity index (χ3n) is 6.11.